The van der Waals surface area contributed by atoms with Crippen LogP contribution in [-0.2, 0) is 11.3 Å². The topological polar surface area (TPSA) is 50.8 Å². The number of likely N-dealkylation sites (tertiary alicyclic amines) is 1. The summed E-state index contributed by atoms with van der Waals surface area (Å²) in [6.07, 6.45) is 2.24. The predicted octanol–water partition coefficient (Wildman–Crippen LogP) is 1.42. The first-order valence-corrected chi connectivity index (χ1v) is 6.94. The number of rotatable bonds is 6. The summed E-state index contributed by atoms with van der Waals surface area (Å²) >= 11 is 0. The third kappa shape index (κ3) is 3.63. The van der Waals surface area contributed by atoms with Crippen molar-refractivity contribution in [2.24, 2.45) is 0 Å². The molecule has 1 fully saturated rings. The number of nitrogens with one attached hydrogen (secondary N) is 1. The number of hydrogen-bond donors (Lipinski definition) is 1. The smallest absolute Gasteiger partial charge is 0.236 e. The second kappa shape index (κ2) is 7.14. The van der Waals surface area contributed by atoms with Crippen molar-refractivity contribution in [3.8, 4) is 11.5 Å². The summed E-state index contributed by atoms with van der Waals surface area (Å²) in [5, 5.41) is 3.18. The number of benzene rings is 1. The van der Waals surface area contributed by atoms with Crippen LogP contribution in [0.15, 0.2) is 18.2 Å². The van der Waals surface area contributed by atoms with E-state index in [0.29, 0.717) is 13.1 Å². The van der Waals surface area contributed by atoms with Crippen LogP contribution in [0.1, 0.15) is 18.4 Å². The largest absolute Gasteiger partial charge is 0.497 e. The van der Waals surface area contributed by atoms with Crippen LogP contribution in [0.3, 0.4) is 0 Å². The van der Waals surface area contributed by atoms with Crippen molar-refractivity contribution in [2.75, 3.05) is 33.9 Å². The van der Waals surface area contributed by atoms with Gasteiger partial charge in [0, 0.05) is 25.2 Å². The number of methoxy groups -OCH3 is 2. The molecule has 5 nitrogen and oxygen atoms in total. The lowest BCUT2D eigenvalue weighted by Gasteiger charge is -2.16. The molecule has 0 radical (unpaired) electrons. The summed E-state index contributed by atoms with van der Waals surface area (Å²) < 4.78 is 10.5. The number of carbonyl (C=O) groups is 1. The minimum atomic E-state index is 0.171. The Bertz CT molecular complexity index is 456. The van der Waals surface area contributed by atoms with E-state index in [4.69, 9.17) is 9.47 Å². The van der Waals surface area contributed by atoms with Gasteiger partial charge < -0.3 is 19.7 Å². The average Bonchev–Trinajstić information content (AvgIpc) is 3.01. The van der Waals surface area contributed by atoms with Gasteiger partial charge in [-0.2, -0.15) is 0 Å². The van der Waals surface area contributed by atoms with Gasteiger partial charge in [0.15, 0.2) is 0 Å². The SMILES string of the molecule is COc1ccc(OC)c(CNCC(=O)N2CCCC2)c1. The van der Waals surface area contributed by atoms with Crippen LogP contribution >= 0.6 is 0 Å². The summed E-state index contributed by atoms with van der Waals surface area (Å²) in [6.45, 7) is 2.73. The van der Waals surface area contributed by atoms with Gasteiger partial charge in [-0.15, -0.1) is 0 Å². The molecule has 110 valence electrons. The lowest BCUT2D eigenvalue weighted by atomic mass is 10.2. The van der Waals surface area contributed by atoms with Gasteiger partial charge in [-0.3, -0.25) is 4.79 Å². The number of ether oxygens (including phenoxy) is 2. The first kappa shape index (κ1) is 14.7. The molecule has 0 bridgehead atoms. The minimum absolute atomic E-state index is 0.171. The fourth-order valence-corrected chi connectivity index (χ4v) is 2.40. The monoisotopic (exact) mass is 278 g/mol. The molecule has 1 saturated heterocycles. The van der Waals surface area contributed by atoms with Gasteiger partial charge in [-0.05, 0) is 31.0 Å². The molecule has 1 heterocycles. The molecule has 0 unspecified atom stereocenters. The highest BCUT2D eigenvalue weighted by molar-refractivity contribution is 5.78. The maximum absolute atomic E-state index is 11.9. The molecular formula is C15H22N2O3. The summed E-state index contributed by atoms with van der Waals surface area (Å²) in [5.74, 6) is 1.75. The normalized spacial score (nSPS) is 14.4. The van der Waals surface area contributed by atoms with Gasteiger partial charge in [0.1, 0.15) is 11.5 Å². The maximum atomic E-state index is 11.9. The number of amides is 1. The molecule has 1 aliphatic rings. The molecule has 0 aliphatic carbocycles. The van der Waals surface area contributed by atoms with Crippen LogP contribution in [0, 0.1) is 0 Å². The molecule has 2 rings (SSSR count). The zero-order valence-corrected chi connectivity index (χ0v) is 12.1. The Morgan fingerprint density at radius 2 is 2.00 bits per heavy atom. The first-order chi connectivity index (χ1) is 9.74. The highest BCUT2D eigenvalue weighted by atomic mass is 16.5. The second-order valence-corrected chi connectivity index (χ2v) is 4.87. The van der Waals surface area contributed by atoms with E-state index in [-0.39, 0.29) is 5.91 Å². The predicted molar refractivity (Wildman–Crippen MR) is 77.1 cm³/mol. The molecule has 0 saturated carbocycles. The minimum Gasteiger partial charge on any atom is -0.497 e. The third-order valence-corrected chi connectivity index (χ3v) is 3.54. The van der Waals surface area contributed by atoms with Crippen molar-refractivity contribution in [1.29, 1.82) is 0 Å². The Hall–Kier alpha value is -1.75. The Kier molecular flexibility index (Phi) is 5.24. The number of hydrogen-bond acceptors (Lipinski definition) is 4. The van der Waals surface area contributed by atoms with Gasteiger partial charge in [0.2, 0.25) is 5.91 Å². The highest BCUT2D eigenvalue weighted by Crippen LogP contribution is 2.23. The fourth-order valence-electron chi connectivity index (χ4n) is 2.40. The van der Waals surface area contributed by atoms with Crippen molar-refractivity contribution in [3.05, 3.63) is 23.8 Å². The maximum Gasteiger partial charge on any atom is 0.236 e. The molecule has 1 amide bonds. The van der Waals surface area contributed by atoms with Crippen molar-refractivity contribution >= 4 is 5.91 Å². The van der Waals surface area contributed by atoms with Crippen molar-refractivity contribution in [3.63, 3.8) is 0 Å². The second-order valence-electron chi connectivity index (χ2n) is 4.87. The molecule has 1 N–H and O–H groups in total. The molecule has 20 heavy (non-hydrogen) atoms. The van der Waals surface area contributed by atoms with Crippen LogP contribution in [-0.4, -0.2) is 44.7 Å². The Labute approximate surface area is 119 Å². The molecule has 0 atom stereocenters. The zero-order valence-electron chi connectivity index (χ0n) is 12.1. The fraction of sp³-hybridized carbons (Fsp3) is 0.533. The first-order valence-electron chi connectivity index (χ1n) is 6.94. The summed E-state index contributed by atoms with van der Waals surface area (Å²) in [4.78, 5) is 13.8. The summed E-state index contributed by atoms with van der Waals surface area (Å²) in [7, 11) is 3.27. The summed E-state index contributed by atoms with van der Waals surface area (Å²) in [6, 6.07) is 5.65. The van der Waals surface area contributed by atoms with E-state index < -0.39 is 0 Å². The Balaban J connectivity index is 1.87. The lowest BCUT2D eigenvalue weighted by molar-refractivity contribution is -0.129. The standard InChI is InChI=1S/C15H22N2O3/c1-19-13-5-6-14(20-2)12(9-13)10-16-11-15(18)17-7-3-4-8-17/h5-6,9,16H,3-4,7-8,10-11H2,1-2H3. The number of carbonyl (C=O) groups excluding carboxylic acids is 1. The van der Waals surface area contributed by atoms with E-state index >= 15 is 0 Å². The molecular weight excluding hydrogens is 256 g/mol. The van der Waals surface area contributed by atoms with E-state index in [9.17, 15) is 4.79 Å². The van der Waals surface area contributed by atoms with Gasteiger partial charge in [-0.25, -0.2) is 0 Å². The third-order valence-electron chi connectivity index (χ3n) is 3.54. The Morgan fingerprint density at radius 1 is 1.25 bits per heavy atom. The van der Waals surface area contributed by atoms with E-state index in [2.05, 4.69) is 5.32 Å². The molecule has 0 aromatic heterocycles. The molecule has 0 spiro atoms. The van der Waals surface area contributed by atoms with Gasteiger partial charge >= 0.3 is 0 Å². The van der Waals surface area contributed by atoms with Crippen LogP contribution in [0.5, 0.6) is 11.5 Å². The molecule has 1 aromatic rings. The van der Waals surface area contributed by atoms with Crippen LogP contribution in [0.2, 0.25) is 0 Å². The average molecular weight is 278 g/mol. The van der Waals surface area contributed by atoms with E-state index in [1.165, 1.54) is 0 Å². The quantitative estimate of drug-likeness (QED) is 0.855. The van der Waals surface area contributed by atoms with Crippen molar-refractivity contribution < 1.29 is 14.3 Å². The molecule has 5 heteroatoms. The van der Waals surface area contributed by atoms with Crippen LogP contribution < -0.4 is 14.8 Å². The van der Waals surface area contributed by atoms with E-state index in [1.807, 2.05) is 23.1 Å². The van der Waals surface area contributed by atoms with Crippen molar-refractivity contribution in [2.45, 2.75) is 19.4 Å². The van der Waals surface area contributed by atoms with Crippen LogP contribution in [0.4, 0.5) is 0 Å². The van der Waals surface area contributed by atoms with Gasteiger partial charge in [-0.1, -0.05) is 0 Å². The van der Waals surface area contributed by atoms with Gasteiger partial charge in [0.25, 0.3) is 0 Å². The number of nitrogens with zero attached hydrogens (tertiary/aromatic N) is 1. The van der Waals surface area contributed by atoms with Crippen molar-refractivity contribution in [1.82, 2.24) is 10.2 Å². The van der Waals surface area contributed by atoms with Crippen LogP contribution in [0.25, 0.3) is 0 Å². The zero-order chi connectivity index (χ0) is 14.4. The van der Waals surface area contributed by atoms with Gasteiger partial charge in [0.05, 0.1) is 20.8 Å². The van der Waals surface area contributed by atoms with E-state index in [0.717, 1.165) is 43.0 Å². The highest BCUT2D eigenvalue weighted by Gasteiger charge is 2.17. The summed E-state index contributed by atoms with van der Waals surface area (Å²) in [5.41, 5.74) is 0.987. The molecule has 1 aliphatic heterocycles. The van der Waals surface area contributed by atoms with E-state index in [1.54, 1.807) is 14.2 Å². The molecule has 1 aromatic carbocycles. The lowest BCUT2D eigenvalue weighted by Crippen LogP contribution is -2.36. The Morgan fingerprint density at radius 3 is 2.65 bits per heavy atom.